The van der Waals surface area contributed by atoms with Crippen molar-refractivity contribution in [2.24, 2.45) is 0 Å². The van der Waals surface area contributed by atoms with Gasteiger partial charge in [0.05, 0.1) is 16.5 Å². The average Bonchev–Trinajstić information content (AvgIpc) is 3.28. The molecule has 1 amide bonds. The number of ketones is 1. The molecule has 3 aromatic rings. The molecule has 0 saturated heterocycles. The van der Waals surface area contributed by atoms with Crippen molar-refractivity contribution in [3.05, 3.63) is 56.7 Å². The first-order valence-corrected chi connectivity index (χ1v) is 9.53. The maximum Gasteiger partial charge on any atom is 0.226 e. The number of fused-ring (bicyclic) bond motifs is 1. The summed E-state index contributed by atoms with van der Waals surface area (Å²) < 4.78 is 0. The second kappa shape index (κ2) is 6.70. The number of aryl methyl sites for hydroxylation is 1. The number of aromatic nitrogens is 2. The van der Waals surface area contributed by atoms with Crippen molar-refractivity contribution in [1.29, 1.82) is 0 Å². The van der Waals surface area contributed by atoms with Gasteiger partial charge >= 0.3 is 0 Å². The maximum atomic E-state index is 13.1. The fourth-order valence-electron chi connectivity index (χ4n) is 3.19. The van der Waals surface area contributed by atoms with E-state index < -0.39 is 5.92 Å². The minimum absolute atomic E-state index is 0.0394. The van der Waals surface area contributed by atoms with Gasteiger partial charge in [-0.15, -0.1) is 11.3 Å². The van der Waals surface area contributed by atoms with Crippen LogP contribution in [-0.2, 0) is 11.2 Å². The Kier molecular flexibility index (Phi) is 4.38. The molecule has 1 atom stereocenters. The highest BCUT2D eigenvalue weighted by atomic mass is 35.5. The third kappa shape index (κ3) is 2.95. The van der Waals surface area contributed by atoms with E-state index in [0.717, 1.165) is 28.1 Å². The number of hydrogen-bond acceptors (Lipinski definition) is 4. The normalized spacial score (nSPS) is 16.2. The van der Waals surface area contributed by atoms with Crippen LogP contribution in [-0.4, -0.2) is 21.9 Å². The van der Waals surface area contributed by atoms with Crippen LogP contribution < -0.4 is 5.32 Å². The summed E-state index contributed by atoms with van der Waals surface area (Å²) in [6, 6.07) is 11.1. The Morgan fingerprint density at radius 1 is 1.27 bits per heavy atom. The van der Waals surface area contributed by atoms with Gasteiger partial charge in [0.15, 0.2) is 11.6 Å². The number of halogens is 1. The molecule has 2 N–H and O–H groups in total. The predicted octanol–water partition coefficient (Wildman–Crippen LogP) is 4.66. The molecule has 132 valence electrons. The van der Waals surface area contributed by atoms with Crippen LogP contribution in [0.3, 0.4) is 0 Å². The van der Waals surface area contributed by atoms with Crippen molar-refractivity contribution >= 4 is 40.4 Å². The van der Waals surface area contributed by atoms with E-state index in [1.807, 2.05) is 24.3 Å². The highest BCUT2D eigenvalue weighted by molar-refractivity contribution is 7.14. The van der Waals surface area contributed by atoms with E-state index in [4.69, 9.17) is 11.6 Å². The van der Waals surface area contributed by atoms with Gasteiger partial charge in [-0.05, 0) is 30.7 Å². The Morgan fingerprint density at radius 3 is 2.73 bits per heavy atom. The Morgan fingerprint density at radius 2 is 2.04 bits per heavy atom. The van der Waals surface area contributed by atoms with Gasteiger partial charge in [-0.2, -0.15) is 5.10 Å². The van der Waals surface area contributed by atoms with Crippen LogP contribution in [0.25, 0.3) is 11.3 Å². The summed E-state index contributed by atoms with van der Waals surface area (Å²) in [6.07, 6.45) is 1.00. The molecule has 26 heavy (non-hydrogen) atoms. The van der Waals surface area contributed by atoms with E-state index in [1.54, 1.807) is 12.1 Å². The summed E-state index contributed by atoms with van der Waals surface area (Å²) in [7, 11) is 0. The molecular weight excluding hydrogens is 370 g/mol. The second-order valence-electron chi connectivity index (χ2n) is 6.16. The summed E-state index contributed by atoms with van der Waals surface area (Å²) in [5.41, 5.74) is 2.35. The zero-order valence-electron chi connectivity index (χ0n) is 14.0. The van der Waals surface area contributed by atoms with E-state index in [-0.39, 0.29) is 18.1 Å². The number of carbonyl (C=O) groups excluding carboxylic acids is 2. The highest BCUT2D eigenvalue weighted by Crippen LogP contribution is 2.40. The number of Topliss-reactive ketones (excluding diaryl/α,β-unsaturated/α-hetero) is 1. The Balaban J connectivity index is 1.78. The fraction of sp³-hybridized carbons (Fsp3) is 0.211. The van der Waals surface area contributed by atoms with Crippen LogP contribution in [0.2, 0.25) is 5.02 Å². The number of aromatic amines is 1. The molecular formula is C19H16ClN3O2S. The summed E-state index contributed by atoms with van der Waals surface area (Å²) >= 11 is 7.46. The van der Waals surface area contributed by atoms with Crippen LogP contribution >= 0.6 is 22.9 Å². The van der Waals surface area contributed by atoms with Gasteiger partial charge in [-0.1, -0.05) is 30.7 Å². The number of H-pyrrole nitrogens is 1. The molecule has 1 aromatic carbocycles. The van der Waals surface area contributed by atoms with Crippen LogP contribution in [0.4, 0.5) is 5.82 Å². The number of nitrogens with one attached hydrogen (secondary N) is 2. The maximum absolute atomic E-state index is 13.1. The largest absolute Gasteiger partial charge is 0.309 e. The van der Waals surface area contributed by atoms with Crippen molar-refractivity contribution in [3.8, 4) is 11.3 Å². The second-order valence-corrected chi connectivity index (χ2v) is 7.76. The first kappa shape index (κ1) is 17.0. The molecule has 1 unspecified atom stereocenters. The zero-order chi connectivity index (χ0) is 18.3. The van der Waals surface area contributed by atoms with Gasteiger partial charge < -0.3 is 5.32 Å². The number of rotatable bonds is 4. The Bertz CT molecular complexity index is 991. The lowest BCUT2D eigenvalue weighted by Gasteiger charge is -2.21. The molecule has 1 aliphatic heterocycles. The molecule has 1 aliphatic rings. The van der Waals surface area contributed by atoms with Gasteiger partial charge in [0.1, 0.15) is 0 Å². The first-order chi connectivity index (χ1) is 12.6. The first-order valence-electron chi connectivity index (χ1n) is 8.33. The van der Waals surface area contributed by atoms with Crippen LogP contribution in [0.15, 0.2) is 36.4 Å². The van der Waals surface area contributed by atoms with Crippen molar-refractivity contribution in [1.82, 2.24) is 10.2 Å². The van der Waals surface area contributed by atoms with Crippen LogP contribution in [0.5, 0.6) is 0 Å². The molecule has 3 heterocycles. The van der Waals surface area contributed by atoms with Crippen molar-refractivity contribution in [2.45, 2.75) is 25.7 Å². The summed E-state index contributed by atoms with van der Waals surface area (Å²) in [5, 5.41) is 10.6. The zero-order valence-corrected chi connectivity index (χ0v) is 15.6. The Labute approximate surface area is 159 Å². The van der Waals surface area contributed by atoms with E-state index >= 15 is 0 Å². The molecule has 0 spiro atoms. The predicted molar refractivity (Wildman–Crippen MR) is 103 cm³/mol. The molecule has 5 nitrogen and oxygen atoms in total. The topological polar surface area (TPSA) is 74.8 Å². The van der Waals surface area contributed by atoms with Crippen LogP contribution in [0, 0.1) is 0 Å². The van der Waals surface area contributed by atoms with Crippen molar-refractivity contribution in [3.63, 3.8) is 0 Å². The molecule has 0 fully saturated rings. The SMILES string of the molecule is CCc1ccc(C(=O)C2CC(=O)Nc3n[nH]c(-c4ccc(Cl)cc4)c32)s1. The van der Waals surface area contributed by atoms with Gasteiger partial charge in [-0.3, -0.25) is 14.7 Å². The van der Waals surface area contributed by atoms with E-state index in [9.17, 15) is 9.59 Å². The monoisotopic (exact) mass is 385 g/mol. The lowest BCUT2D eigenvalue weighted by Crippen LogP contribution is -2.27. The fourth-order valence-corrected chi connectivity index (χ4v) is 4.26. The van der Waals surface area contributed by atoms with Gasteiger partial charge in [0, 0.05) is 27.4 Å². The van der Waals surface area contributed by atoms with Gasteiger partial charge in [-0.25, -0.2) is 0 Å². The third-order valence-corrected chi connectivity index (χ3v) is 6.00. The summed E-state index contributed by atoms with van der Waals surface area (Å²) in [4.78, 5) is 27.1. The van der Waals surface area contributed by atoms with Gasteiger partial charge in [0.2, 0.25) is 5.91 Å². The number of anilines is 1. The minimum atomic E-state index is -0.550. The van der Waals surface area contributed by atoms with Crippen LogP contribution in [0.1, 0.15) is 39.4 Å². The smallest absolute Gasteiger partial charge is 0.226 e. The lowest BCUT2D eigenvalue weighted by atomic mass is 9.86. The van der Waals surface area contributed by atoms with Gasteiger partial charge in [0.25, 0.3) is 0 Å². The van der Waals surface area contributed by atoms with Crippen molar-refractivity contribution in [2.75, 3.05) is 5.32 Å². The molecule has 4 rings (SSSR count). The molecule has 7 heteroatoms. The quantitative estimate of drug-likeness (QED) is 0.641. The van der Waals surface area contributed by atoms with E-state index in [1.165, 1.54) is 11.3 Å². The van der Waals surface area contributed by atoms with Crippen molar-refractivity contribution < 1.29 is 9.59 Å². The molecule has 0 saturated carbocycles. The third-order valence-electron chi connectivity index (χ3n) is 4.50. The number of hydrogen-bond donors (Lipinski definition) is 2. The average molecular weight is 386 g/mol. The highest BCUT2D eigenvalue weighted by Gasteiger charge is 2.36. The Hall–Kier alpha value is -2.44. The lowest BCUT2D eigenvalue weighted by molar-refractivity contribution is -0.116. The molecule has 0 aliphatic carbocycles. The molecule has 2 aromatic heterocycles. The summed E-state index contributed by atoms with van der Waals surface area (Å²) in [6.45, 7) is 2.06. The number of amides is 1. The standard InChI is InChI=1S/C19H16ClN3O2S/c1-2-12-7-8-14(26-12)18(25)13-9-15(24)21-19-16(13)17(22-23-19)10-3-5-11(20)6-4-10/h3-8,13H,2,9H2,1H3,(H2,21,22,23,24). The number of nitrogens with zero attached hydrogens (tertiary/aromatic N) is 1. The molecule has 0 radical (unpaired) electrons. The van der Waals surface area contributed by atoms with E-state index in [2.05, 4.69) is 22.4 Å². The number of carbonyl (C=O) groups is 2. The number of benzene rings is 1. The summed E-state index contributed by atoms with van der Waals surface area (Å²) in [5.74, 6) is -0.358. The molecule has 0 bridgehead atoms. The minimum Gasteiger partial charge on any atom is -0.309 e. The number of thiophene rings is 1. The van der Waals surface area contributed by atoms with E-state index in [0.29, 0.717) is 15.7 Å².